The zero-order valence-corrected chi connectivity index (χ0v) is 11.2. The number of ether oxygens (including phenoxy) is 1. The molecule has 2 heteroatoms. The van der Waals surface area contributed by atoms with Gasteiger partial charge in [0.1, 0.15) is 6.10 Å². The maximum absolute atomic E-state index is 11.1. The lowest BCUT2D eigenvalue weighted by atomic mass is 9.88. The molecule has 1 atom stereocenters. The summed E-state index contributed by atoms with van der Waals surface area (Å²) < 4.78 is 5.39. The normalized spacial score (nSPS) is 13.2. The van der Waals surface area contributed by atoms with Crippen molar-refractivity contribution in [2.75, 3.05) is 0 Å². The third-order valence-electron chi connectivity index (χ3n) is 2.64. The summed E-state index contributed by atoms with van der Waals surface area (Å²) in [5.74, 6) is -0.215. The summed E-state index contributed by atoms with van der Waals surface area (Å²) in [6, 6.07) is 9.94. The lowest BCUT2D eigenvalue weighted by molar-refractivity contribution is -0.147. The van der Waals surface area contributed by atoms with Crippen LogP contribution in [-0.2, 0) is 9.53 Å². The number of carbonyl (C=O) groups is 1. The van der Waals surface area contributed by atoms with Gasteiger partial charge in [0.2, 0.25) is 0 Å². The van der Waals surface area contributed by atoms with Gasteiger partial charge < -0.3 is 4.74 Å². The van der Waals surface area contributed by atoms with Crippen molar-refractivity contribution in [2.24, 2.45) is 5.41 Å². The van der Waals surface area contributed by atoms with E-state index in [-0.39, 0.29) is 17.5 Å². The van der Waals surface area contributed by atoms with Gasteiger partial charge >= 0.3 is 5.97 Å². The molecule has 0 aliphatic carbocycles. The molecule has 0 spiro atoms. The van der Waals surface area contributed by atoms with Crippen molar-refractivity contribution in [1.29, 1.82) is 0 Å². The molecule has 0 saturated heterocycles. The minimum absolute atomic E-state index is 0.118. The minimum atomic E-state index is -0.215. The van der Waals surface area contributed by atoms with Gasteiger partial charge in [-0.3, -0.25) is 4.79 Å². The maximum atomic E-state index is 11.1. The van der Waals surface area contributed by atoms with Gasteiger partial charge in [0.25, 0.3) is 0 Å². The summed E-state index contributed by atoms with van der Waals surface area (Å²) in [7, 11) is 0. The van der Waals surface area contributed by atoms with E-state index < -0.39 is 0 Å². The first-order valence-corrected chi connectivity index (χ1v) is 6.11. The summed E-state index contributed by atoms with van der Waals surface area (Å²) in [5.41, 5.74) is 1.33. The molecule has 0 aromatic heterocycles. The summed E-state index contributed by atoms with van der Waals surface area (Å²) in [5, 5.41) is 0. The lowest BCUT2D eigenvalue weighted by Crippen LogP contribution is -2.13. The van der Waals surface area contributed by atoms with Crippen LogP contribution in [0.5, 0.6) is 0 Å². The van der Waals surface area contributed by atoms with Gasteiger partial charge in [0.05, 0.1) is 0 Å². The van der Waals surface area contributed by atoms with E-state index in [1.807, 2.05) is 30.3 Å². The second kappa shape index (κ2) is 5.85. The monoisotopic (exact) mass is 234 g/mol. The molecule has 0 fully saturated rings. The first kappa shape index (κ1) is 13.8. The lowest BCUT2D eigenvalue weighted by Gasteiger charge is -2.23. The van der Waals surface area contributed by atoms with Crippen LogP contribution in [-0.4, -0.2) is 5.97 Å². The maximum Gasteiger partial charge on any atom is 0.303 e. The standard InChI is InChI=1S/C15H22O2/c1-12(16)17-14(10-11-15(2,3)4)13-8-6-5-7-9-13/h5-9,14H,10-11H2,1-4H3. The van der Waals surface area contributed by atoms with Crippen molar-refractivity contribution in [3.63, 3.8) is 0 Å². The fraction of sp³-hybridized carbons (Fsp3) is 0.533. The highest BCUT2D eigenvalue weighted by atomic mass is 16.5. The van der Waals surface area contributed by atoms with Gasteiger partial charge in [-0.15, -0.1) is 0 Å². The van der Waals surface area contributed by atoms with E-state index in [1.54, 1.807) is 0 Å². The number of carbonyl (C=O) groups excluding carboxylic acids is 1. The molecule has 94 valence electrons. The number of rotatable bonds is 4. The van der Waals surface area contributed by atoms with E-state index >= 15 is 0 Å². The smallest absolute Gasteiger partial charge is 0.303 e. The minimum Gasteiger partial charge on any atom is -0.458 e. The van der Waals surface area contributed by atoms with Crippen LogP contribution in [0.1, 0.15) is 52.2 Å². The summed E-state index contributed by atoms with van der Waals surface area (Å²) in [6.07, 6.45) is 1.78. The first-order valence-electron chi connectivity index (χ1n) is 6.11. The number of benzene rings is 1. The molecule has 17 heavy (non-hydrogen) atoms. The Hall–Kier alpha value is -1.31. The number of hydrogen-bond acceptors (Lipinski definition) is 2. The average molecular weight is 234 g/mol. The zero-order valence-electron chi connectivity index (χ0n) is 11.2. The van der Waals surface area contributed by atoms with Crippen LogP contribution in [0, 0.1) is 5.41 Å². The molecule has 2 nitrogen and oxygen atoms in total. The van der Waals surface area contributed by atoms with Crippen molar-refractivity contribution < 1.29 is 9.53 Å². The number of esters is 1. The van der Waals surface area contributed by atoms with Gasteiger partial charge in [-0.1, -0.05) is 51.1 Å². The molecular weight excluding hydrogens is 212 g/mol. The van der Waals surface area contributed by atoms with Crippen molar-refractivity contribution in [2.45, 2.75) is 46.6 Å². The Morgan fingerprint density at radius 3 is 2.29 bits per heavy atom. The molecule has 0 heterocycles. The highest BCUT2D eigenvalue weighted by molar-refractivity contribution is 5.66. The van der Waals surface area contributed by atoms with E-state index in [2.05, 4.69) is 20.8 Å². The molecule has 0 aliphatic rings. The average Bonchev–Trinajstić information content (AvgIpc) is 2.24. The molecular formula is C15H22O2. The molecule has 0 amide bonds. The van der Waals surface area contributed by atoms with Crippen LogP contribution in [0.25, 0.3) is 0 Å². The van der Waals surface area contributed by atoms with Crippen molar-refractivity contribution >= 4 is 5.97 Å². The Labute approximate surface area is 104 Å². The largest absolute Gasteiger partial charge is 0.458 e. The van der Waals surface area contributed by atoms with Crippen LogP contribution < -0.4 is 0 Å². The van der Waals surface area contributed by atoms with Gasteiger partial charge in [-0.2, -0.15) is 0 Å². The zero-order chi connectivity index (χ0) is 12.9. The van der Waals surface area contributed by atoms with Crippen molar-refractivity contribution in [3.8, 4) is 0 Å². The molecule has 0 bridgehead atoms. The molecule has 0 N–H and O–H groups in total. The highest BCUT2D eigenvalue weighted by Gasteiger charge is 2.18. The van der Waals surface area contributed by atoms with E-state index in [0.29, 0.717) is 0 Å². The van der Waals surface area contributed by atoms with Crippen molar-refractivity contribution in [1.82, 2.24) is 0 Å². The molecule has 0 radical (unpaired) electrons. The highest BCUT2D eigenvalue weighted by Crippen LogP contribution is 2.29. The Morgan fingerprint density at radius 2 is 1.82 bits per heavy atom. The van der Waals surface area contributed by atoms with E-state index in [0.717, 1.165) is 18.4 Å². The summed E-state index contributed by atoms with van der Waals surface area (Å²) >= 11 is 0. The van der Waals surface area contributed by atoms with Crippen molar-refractivity contribution in [3.05, 3.63) is 35.9 Å². The fourth-order valence-corrected chi connectivity index (χ4v) is 1.73. The van der Waals surface area contributed by atoms with Crippen LogP contribution in [0.2, 0.25) is 0 Å². The third-order valence-corrected chi connectivity index (χ3v) is 2.64. The molecule has 0 saturated carbocycles. The first-order chi connectivity index (χ1) is 7.88. The molecule has 0 aliphatic heterocycles. The van der Waals surface area contributed by atoms with E-state index in [1.165, 1.54) is 6.92 Å². The van der Waals surface area contributed by atoms with E-state index in [4.69, 9.17) is 4.74 Å². The summed E-state index contributed by atoms with van der Waals surface area (Å²) in [6.45, 7) is 8.06. The third kappa shape index (κ3) is 5.53. The second-order valence-electron chi connectivity index (χ2n) is 5.61. The second-order valence-corrected chi connectivity index (χ2v) is 5.61. The molecule has 1 aromatic rings. The van der Waals surface area contributed by atoms with Crippen LogP contribution in [0.4, 0.5) is 0 Å². The Balaban J connectivity index is 2.71. The van der Waals surface area contributed by atoms with Gasteiger partial charge in [0.15, 0.2) is 0 Å². The molecule has 1 rings (SSSR count). The quantitative estimate of drug-likeness (QED) is 0.733. The van der Waals surface area contributed by atoms with E-state index in [9.17, 15) is 4.79 Å². The van der Waals surface area contributed by atoms with Crippen LogP contribution in [0.3, 0.4) is 0 Å². The Morgan fingerprint density at radius 1 is 1.24 bits per heavy atom. The molecule has 1 unspecified atom stereocenters. The van der Waals surface area contributed by atoms with Gasteiger partial charge in [-0.05, 0) is 23.8 Å². The number of hydrogen-bond donors (Lipinski definition) is 0. The summed E-state index contributed by atoms with van der Waals surface area (Å²) in [4.78, 5) is 11.1. The predicted octanol–water partition coefficient (Wildman–Crippen LogP) is 4.12. The van der Waals surface area contributed by atoms with Crippen LogP contribution >= 0.6 is 0 Å². The fourth-order valence-electron chi connectivity index (χ4n) is 1.73. The Kier molecular flexibility index (Phi) is 4.73. The van der Waals surface area contributed by atoms with Gasteiger partial charge in [-0.25, -0.2) is 0 Å². The topological polar surface area (TPSA) is 26.3 Å². The molecule has 1 aromatic carbocycles. The SMILES string of the molecule is CC(=O)OC(CCC(C)(C)C)c1ccccc1. The van der Waals surface area contributed by atoms with Gasteiger partial charge in [0, 0.05) is 6.92 Å². The predicted molar refractivity (Wildman–Crippen MR) is 69.6 cm³/mol. The Bertz CT molecular complexity index is 349. The van der Waals surface area contributed by atoms with Crippen LogP contribution in [0.15, 0.2) is 30.3 Å².